The van der Waals surface area contributed by atoms with Crippen molar-refractivity contribution < 1.29 is 10.0 Å². The van der Waals surface area contributed by atoms with Gasteiger partial charge in [-0.25, -0.2) is 0 Å². The van der Waals surface area contributed by atoms with Crippen LogP contribution in [0.4, 0.5) is 0 Å². The maximum absolute atomic E-state index is 9.02. The fraction of sp³-hybridized carbons (Fsp3) is 0.571. The topological polar surface area (TPSA) is 40.5 Å². The molecule has 1 aliphatic carbocycles. The van der Waals surface area contributed by atoms with Crippen molar-refractivity contribution in [3.05, 3.63) is 29.8 Å². The minimum atomic E-state index is -1.35. The van der Waals surface area contributed by atoms with Gasteiger partial charge in [0.2, 0.25) is 0 Å². The van der Waals surface area contributed by atoms with Crippen LogP contribution in [0.5, 0.6) is 0 Å². The van der Waals surface area contributed by atoms with E-state index in [1.54, 1.807) is 0 Å². The van der Waals surface area contributed by atoms with Crippen LogP contribution in [0, 0.1) is 11.8 Å². The van der Waals surface area contributed by atoms with E-state index in [0.717, 1.165) is 18.3 Å². The van der Waals surface area contributed by atoms with Crippen molar-refractivity contribution >= 4 is 12.6 Å². The Morgan fingerprint density at radius 2 is 1.65 bits per heavy atom. The fourth-order valence-electron chi connectivity index (χ4n) is 2.69. The molecule has 1 aromatic carbocycles. The van der Waals surface area contributed by atoms with Gasteiger partial charge >= 0.3 is 7.12 Å². The third-order valence-corrected chi connectivity index (χ3v) is 3.94. The second kappa shape index (κ2) is 5.70. The summed E-state index contributed by atoms with van der Waals surface area (Å²) >= 11 is 0. The zero-order valence-electron chi connectivity index (χ0n) is 10.5. The molecule has 2 rings (SSSR count). The van der Waals surface area contributed by atoms with Crippen LogP contribution >= 0.6 is 0 Å². The van der Waals surface area contributed by atoms with Crippen LogP contribution in [-0.4, -0.2) is 17.2 Å². The third-order valence-electron chi connectivity index (χ3n) is 3.94. The lowest BCUT2D eigenvalue weighted by Crippen LogP contribution is -2.29. The van der Waals surface area contributed by atoms with Gasteiger partial charge in [-0.05, 0) is 42.1 Å². The molecule has 0 heterocycles. The summed E-state index contributed by atoms with van der Waals surface area (Å²) in [5.41, 5.74) is 1.89. The van der Waals surface area contributed by atoms with Crippen LogP contribution in [0.25, 0.3) is 0 Å². The van der Waals surface area contributed by atoms with Gasteiger partial charge in [-0.1, -0.05) is 44.0 Å². The third kappa shape index (κ3) is 3.58. The molecule has 0 aliphatic heterocycles. The molecule has 1 aromatic rings. The molecule has 92 valence electrons. The normalized spacial score (nSPS) is 24.6. The van der Waals surface area contributed by atoms with Crippen molar-refractivity contribution in [1.29, 1.82) is 0 Å². The molecular weight excluding hydrogens is 211 g/mol. The van der Waals surface area contributed by atoms with E-state index < -0.39 is 7.12 Å². The molecule has 0 saturated heterocycles. The van der Waals surface area contributed by atoms with Gasteiger partial charge in [0.25, 0.3) is 0 Å². The summed E-state index contributed by atoms with van der Waals surface area (Å²) in [5, 5.41) is 18.0. The largest absolute Gasteiger partial charge is 0.488 e. The molecule has 1 saturated carbocycles. The maximum atomic E-state index is 9.02. The van der Waals surface area contributed by atoms with E-state index in [1.165, 1.54) is 31.2 Å². The zero-order chi connectivity index (χ0) is 12.3. The van der Waals surface area contributed by atoms with Crippen molar-refractivity contribution in [2.75, 3.05) is 0 Å². The lowest BCUT2D eigenvalue weighted by atomic mass is 9.78. The molecule has 0 amide bonds. The van der Waals surface area contributed by atoms with Gasteiger partial charge in [0, 0.05) is 0 Å². The highest BCUT2D eigenvalue weighted by molar-refractivity contribution is 6.58. The fourth-order valence-corrected chi connectivity index (χ4v) is 2.69. The van der Waals surface area contributed by atoms with Crippen molar-refractivity contribution in [2.45, 2.75) is 39.0 Å². The second-order valence-electron chi connectivity index (χ2n) is 5.45. The van der Waals surface area contributed by atoms with E-state index in [1.807, 2.05) is 24.3 Å². The Balaban J connectivity index is 1.90. The van der Waals surface area contributed by atoms with Gasteiger partial charge in [0.15, 0.2) is 0 Å². The number of hydrogen-bond donors (Lipinski definition) is 2. The lowest BCUT2D eigenvalue weighted by Gasteiger charge is -2.26. The monoisotopic (exact) mass is 232 g/mol. The van der Waals surface area contributed by atoms with E-state index >= 15 is 0 Å². The summed E-state index contributed by atoms with van der Waals surface area (Å²) in [6.07, 6.45) is 6.53. The van der Waals surface area contributed by atoms with Crippen LogP contribution in [0.15, 0.2) is 24.3 Å². The quantitative estimate of drug-likeness (QED) is 0.779. The van der Waals surface area contributed by atoms with Crippen molar-refractivity contribution in [2.24, 2.45) is 11.8 Å². The molecular formula is C14H21BO2. The SMILES string of the molecule is CC1CCC(Cc2ccc(B(O)O)cc2)CC1. The lowest BCUT2D eigenvalue weighted by molar-refractivity contribution is 0.289. The van der Waals surface area contributed by atoms with E-state index in [-0.39, 0.29) is 0 Å². The maximum Gasteiger partial charge on any atom is 0.488 e. The van der Waals surface area contributed by atoms with Gasteiger partial charge < -0.3 is 10.0 Å². The smallest absolute Gasteiger partial charge is 0.423 e. The Bertz CT molecular complexity index is 340. The molecule has 0 atom stereocenters. The Kier molecular flexibility index (Phi) is 4.24. The van der Waals surface area contributed by atoms with Gasteiger partial charge in [-0.3, -0.25) is 0 Å². The van der Waals surface area contributed by atoms with Crippen molar-refractivity contribution in [3.63, 3.8) is 0 Å². The molecule has 0 aromatic heterocycles. The molecule has 0 radical (unpaired) electrons. The van der Waals surface area contributed by atoms with Crippen LogP contribution in [-0.2, 0) is 6.42 Å². The van der Waals surface area contributed by atoms with Crippen LogP contribution in [0.3, 0.4) is 0 Å². The molecule has 2 N–H and O–H groups in total. The van der Waals surface area contributed by atoms with Gasteiger partial charge in [-0.2, -0.15) is 0 Å². The Hall–Kier alpha value is -0.795. The first-order chi connectivity index (χ1) is 8.15. The highest BCUT2D eigenvalue weighted by Gasteiger charge is 2.18. The van der Waals surface area contributed by atoms with E-state index in [0.29, 0.717) is 5.46 Å². The first kappa shape index (κ1) is 12.7. The average molecular weight is 232 g/mol. The van der Waals surface area contributed by atoms with Gasteiger partial charge in [0.1, 0.15) is 0 Å². The molecule has 3 heteroatoms. The molecule has 1 fully saturated rings. The molecule has 0 bridgehead atoms. The molecule has 1 aliphatic rings. The molecule has 0 spiro atoms. The Labute approximate surface area is 104 Å². The van der Waals surface area contributed by atoms with Crippen LogP contribution < -0.4 is 5.46 Å². The summed E-state index contributed by atoms with van der Waals surface area (Å²) in [7, 11) is -1.35. The summed E-state index contributed by atoms with van der Waals surface area (Å²) < 4.78 is 0. The minimum absolute atomic E-state index is 0.575. The van der Waals surface area contributed by atoms with Crippen LogP contribution in [0.2, 0.25) is 0 Å². The van der Waals surface area contributed by atoms with E-state index in [4.69, 9.17) is 10.0 Å². The molecule has 2 nitrogen and oxygen atoms in total. The van der Waals surface area contributed by atoms with E-state index in [2.05, 4.69) is 6.92 Å². The highest BCUT2D eigenvalue weighted by Crippen LogP contribution is 2.30. The van der Waals surface area contributed by atoms with Gasteiger partial charge in [0.05, 0.1) is 0 Å². The van der Waals surface area contributed by atoms with Crippen molar-refractivity contribution in [1.82, 2.24) is 0 Å². The minimum Gasteiger partial charge on any atom is -0.423 e. The number of hydrogen-bond acceptors (Lipinski definition) is 2. The highest BCUT2D eigenvalue weighted by atomic mass is 16.4. The predicted octanol–water partition coefficient (Wildman–Crippen LogP) is 1.74. The summed E-state index contributed by atoms with van der Waals surface area (Å²) in [4.78, 5) is 0. The molecule has 17 heavy (non-hydrogen) atoms. The predicted molar refractivity (Wildman–Crippen MR) is 71.1 cm³/mol. The van der Waals surface area contributed by atoms with E-state index in [9.17, 15) is 0 Å². The average Bonchev–Trinajstić information content (AvgIpc) is 2.33. The first-order valence-corrected chi connectivity index (χ1v) is 6.60. The molecule has 0 unspecified atom stereocenters. The number of benzene rings is 1. The first-order valence-electron chi connectivity index (χ1n) is 6.60. The standard InChI is InChI=1S/C14H21BO2/c1-11-2-4-12(5-3-11)10-13-6-8-14(9-7-13)15(16)17/h6-9,11-12,16-17H,2-5,10H2,1H3. The summed E-state index contributed by atoms with van der Waals surface area (Å²) in [6, 6.07) is 7.66. The summed E-state index contributed by atoms with van der Waals surface area (Å²) in [6.45, 7) is 2.34. The Morgan fingerprint density at radius 3 is 2.18 bits per heavy atom. The van der Waals surface area contributed by atoms with Crippen molar-refractivity contribution in [3.8, 4) is 0 Å². The zero-order valence-corrected chi connectivity index (χ0v) is 10.5. The second-order valence-corrected chi connectivity index (χ2v) is 5.45. The Morgan fingerprint density at radius 1 is 1.06 bits per heavy atom. The van der Waals surface area contributed by atoms with Crippen LogP contribution in [0.1, 0.15) is 38.2 Å². The van der Waals surface area contributed by atoms with Gasteiger partial charge in [-0.15, -0.1) is 0 Å². The summed E-state index contributed by atoms with van der Waals surface area (Å²) in [5.74, 6) is 1.72. The number of rotatable bonds is 3.